The minimum absolute atomic E-state index is 0.206. The van der Waals surface area contributed by atoms with Gasteiger partial charge in [-0.05, 0) is 42.2 Å². The van der Waals surface area contributed by atoms with Crippen LogP contribution in [0.15, 0.2) is 66.7 Å². The summed E-state index contributed by atoms with van der Waals surface area (Å²) in [5, 5.41) is 0. The molecule has 1 aliphatic rings. The molecule has 0 fully saturated rings. The molecule has 1 heterocycles. The van der Waals surface area contributed by atoms with E-state index in [4.69, 9.17) is 4.74 Å². The van der Waals surface area contributed by atoms with Gasteiger partial charge in [0.15, 0.2) is 0 Å². The first-order chi connectivity index (χ1) is 12.7. The van der Waals surface area contributed by atoms with Crippen LogP contribution in [-0.4, -0.2) is 30.2 Å². The van der Waals surface area contributed by atoms with Crippen LogP contribution in [0.3, 0.4) is 0 Å². The molecular formula is C22H22FNO2. The second kappa shape index (κ2) is 8.48. The van der Waals surface area contributed by atoms with E-state index < -0.39 is 0 Å². The van der Waals surface area contributed by atoms with Crippen molar-refractivity contribution in [2.45, 2.75) is 19.4 Å². The summed E-state index contributed by atoms with van der Waals surface area (Å²) >= 11 is 0. The normalized spacial score (nSPS) is 17.2. The fourth-order valence-corrected chi connectivity index (χ4v) is 3.02. The predicted octanol–water partition coefficient (Wildman–Crippen LogP) is 5.15. The van der Waals surface area contributed by atoms with E-state index in [-0.39, 0.29) is 18.0 Å². The van der Waals surface area contributed by atoms with E-state index in [9.17, 15) is 9.18 Å². The Kier molecular flexibility index (Phi) is 5.84. The van der Waals surface area contributed by atoms with Crippen molar-refractivity contribution in [1.29, 1.82) is 0 Å². The number of nitrogens with zero attached hydrogens (tertiary/aromatic N) is 1. The van der Waals surface area contributed by atoms with E-state index >= 15 is 0 Å². The Morgan fingerprint density at radius 3 is 2.62 bits per heavy atom. The number of rotatable bonds is 4. The molecule has 0 aromatic heterocycles. The molecule has 0 bridgehead atoms. The lowest BCUT2D eigenvalue weighted by atomic mass is 9.95. The van der Waals surface area contributed by atoms with Gasteiger partial charge in [0.05, 0.1) is 12.6 Å². The van der Waals surface area contributed by atoms with E-state index in [2.05, 4.69) is 18.2 Å². The lowest BCUT2D eigenvalue weighted by Gasteiger charge is -2.32. The molecule has 0 saturated heterocycles. The maximum Gasteiger partial charge on any atom is 0.410 e. The van der Waals surface area contributed by atoms with Gasteiger partial charge >= 0.3 is 6.09 Å². The fourth-order valence-electron chi connectivity index (χ4n) is 3.02. The average Bonchev–Trinajstić information content (AvgIpc) is 2.68. The number of ether oxygens (including phenoxy) is 1. The van der Waals surface area contributed by atoms with Crippen molar-refractivity contribution < 1.29 is 13.9 Å². The van der Waals surface area contributed by atoms with Crippen LogP contribution in [0.1, 0.15) is 24.5 Å². The predicted molar refractivity (Wildman–Crippen MR) is 102 cm³/mol. The number of amides is 1. The van der Waals surface area contributed by atoms with Gasteiger partial charge in [0.2, 0.25) is 0 Å². The maximum atomic E-state index is 13.1. The summed E-state index contributed by atoms with van der Waals surface area (Å²) in [5.41, 5.74) is 3.26. The summed E-state index contributed by atoms with van der Waals surface area (Å²) in [5.74, 6) is -0.265. The molecule has 2 aromatic carbocycles. The topological polar surface area (TPSA) is 29.5 Å². The second-order valence-corrected chi connectivity index (χ2v) is 6.10. The van der Waals surface area contributed by atoms with Crippen LogP contribution in [0, 0.1) is 5.82 Å². The number of hydrogen-bond donors (Lipinski definition) is 0. The largest absolute Gasteiger partial charge is 0.450 e. The second-order valence-electron chi connectivity index (χ2n) is 6.10. The first-order valence-electron chi connectivity index (χ1n) is 8.80. The van der Waals surface area contributed by atoms with Crippen molar-refractivity contribution in [1.82, 2.24) is 4.90 Å². The zero-order valence-electron chi connectivity index (χ0n) is 14.8. The molecule has 3 nitrogen and oxygen atoms in total. The van der Waals surface area contributed by atoms with Crippen LogP contribution in [0.5, 0.6) is 0 Å². The van der Waals surface area contributed by atoms with E-state index in [1.165, 1.54) is 17.7 Å². The Labute approximate surface area is 153 Å². The number of hydrogen-bond acceptors (Lipinski definition) is 2. The molecule has 26 heavy (non-hydrogen) atoms. The average molecular weight is 351 g/mol. The monoisotopic (exact) mass is 351 g/mol. The summed E-state index contributed by atoms with van der Waals surface area (Å²) in [6, 6.07) is 16.2. The molecule has 1 aliphatic heterocycles. The van der Waals surface area contributed by atoms with Crippen molar-refractivity contribution in [3.63, 3.8) is 0 Å². The Bertz CT molecular complexity index is 797. The van der Waals surface area contributed by atoms with Crippen molar-refractivity contribution in [2.75, 3.05) is 13.2 Å². The molecule has 134 valence electrons. The third-order valence-electron chi connectivity index (χ3n) is 4.36. The van der Waals surface area contributed by atoms with Gasteiger partial charge in [-0.15, -0.1) is 0 Å². The van der Waals surface area contributed by atoms with Crippen molar-refractivity contribution in [3.05, 3.63) is 83.7 Å². The van der Waals surface area contributed by atoms with Crippen LogP contribution >= 0.6 is 0 Å². The van der Waals surface area contributed by atoms with Crippen LogP contribution in [0.25, 0.3) is 11.6 Å². The Morgan fingerprint density at radius 1 is 1.19 bits per heavy atom. The van der Waals surface area contributed by atoms with Gasteiger partial charge in [0.1, 0.15) is 5.82 Å². The summed E-state index contributed by atoms with van der Waals surface area (Å²) < 4.78 is 18.3. The highest BCUT2D eigenvalue weighted by Gasteiger charge is 2.26. The Hall–Kier alpha value is -2.88. The number of carbonyl (C=O) groups is 1. The highest BCUT2D eigenvalue weighted by molar-refractivity contribution is 5.74. The van der Waals surface area contributed by atoms with Crippen LogP contribution in [-0.2, 0) is 4.74 Å². The van der Waals surface area contributed by atoms with E-state index in [0.717, 1.165) is 17.5 Å². The zero-order chi connectivity index (χ0) is 18.4. The molecule has 0 saturated carbocycles. The minimum Gasteiger partial charge on any atom is -0.450 e. The van der Waals surface area contributed by atoms with Gasteiger partial charge in [-0.2, -0.15) is 0 Å². The number of benzene rings is 2. The summed E-state index contributed by atoms with van der Waals surface area (Å²) in [7, 11) is 0. The van der Waals surface area contributed by atoms with E-state index in [1.54, 1.807) is 24.0 Å². The Balaban J connectivity index is 1.87. The van der Waals surface area contributed by atoms with Crippen molar-refractivity contribution in [3.8, 4) is 0 Å². The smallest absolute Gasteiger partial charge is 0.410 e. The van der Waals surface area contributed by atoms with E-state index in [0.29, 0.717) is 13.2 Å². The van der Waals surface area contributed by atoms with Gasteiger partial charge in [-0.1, -0.05) is 60.7 Å². The molecule has 0 aliphatic carbocycles. The van der Waals surface area contributed by atoms with Gasteiger partial charge in [-0.3, -0.25) is 4.90 Å². The van der Waals surface area contributed by atoms with Crippen LogP contribution < -0.4 is 0 Å². The molecule has 0 unspecified atom stereocenters. The van der Waals surface area contributed by atoms with Crippen LogP contribution in [0.4, 0.5) is 9.18 Å². The molecule has 2 aromatic rings. The number of carbonyl (C=O) groups excluding carboxylic acids is 1. The lowest BCUT2D eigenvalue weighted by Crippen LogP contribution is -2.41. The number of halogens is 1. The van der Waals surface area contributed by atoms with Gasteiger partial charge < -0.3 is 4.74 Å². The van der Waals surface area contributed by atoms with Gasteiger partial charge in [-0.25, -0.2) is 9.18 Å². The molecule has 1 atom stereocenters. The SMILES string of the molecule is CCOC(=O)N1CCC(c2ccccc2)=C[C@H]1/C=C/c1ccc(F)cc1. The maximum absolute atomic E-state index is 13.1. The fraction of sp³-hybridized carbons (Fsp3) is 0.227. The quantitative estimate of drug-likeness (QED) is 0.762. The Morgan fingerprint density at radius 2 is 1.92 bits per heavy atom. The summed E-state index contributed by atoms with van der Waals surface area (Å²) in [4.78, 5) is 14.0. The molecule has 3 rings (SSSR count). The third kappa shape index (κ3) is 4.39. The van der Waals surface area contributed by atoms with Gasteiger partial charge in [0, 0.05) is 6.54 Å². The first-order valence-corrected chi connectivity index (χ1v) is 8.80. The van der Waals surface area contributed by atoms with E-state index in [1.807, 2.05) is 30.4 Å². The molecule has 0 radical (unpaired) electrons. The standard InChI is InChI=1S/C22H22FNO2/c1-2-26-22(25)24-15-14-19(18-6-4-3-5-7-18)16-21(24)13-10-17-8-11-20(23)12-9-17/h3-13,16,21H,2,14-15H2,1H3/b13-10+/t21-/m1/s1. The summed E-state index contributed by atoms with van der Waals surface area (Å²) in [6.45, 7) is 2.74. The zero-order valence-corrected chi connectivity index (χ0v) is 14.8. The van der Waals surface area contributed by atoms with Crippen LogP contribution in [0.2, 0.25) is 0 Å². The minimum atomic E-state index is -0.315. The van der Waals surface area contributed by atoms with Gasteiger partial charge in [0.25, 0.3) is 0 Å². The summed E-state index contributed by atoms with van der Waals surface area (Å²) in [6.07, 6.45) is 6.41. The molecule has 1 amide bonds. The van der Waals surface area contributed by atoms with Crippen molar-refractivity contribution >= 4 is 17.7 Å². The molecular weight excluding hydrogens is 329 g/mol. The third-order valence-corrected chi connectivity index (χ3v) is 4.36. The molecule has 0 spiro atoms. The van der Waals surface area contributed by atoms with Crippen molar-refractivity contribution in [2.24, 2.45) is 0 Å². The highest BCUT2D eigenvalue weighted by atomic mass is 19.1. The molecule has 4 heteroatoms. The molecule has 0 N–H and O–H groups in total. The highest BCUT2D eigenvalue weighted by Crippen LogP contribution is 2.26. The first kappa shape index (κ1) is 17.9. The lowest BCUT2D eigenvalue weighted by molar-refractivity contribution is 0.103.